The maximum Gasteiger partial charge on any atom is 0.433 e. The Hall–Kier alpha value is 0.228. The molecule has 0 bridgehead atoms. The van der Waals surface area contributed by atoms with Gasteiger partial charge in [-0.3, -0.25) is 0 Å². The zero-order chi connectivity index (χ0) is 6.08. The first-order chi connectivity index (χ1) is 2.94. The molecule has 0 unspecified atom stereocenters. The Morgan fingerprint density at radius 3 is 1.30 bits per heavy atom. The van der Waals surface area contributed by atoms with Crippen LogP contribution in [-0.2, 0) is 25.6 Å². The van der Waals surface area contributed by atoms with E-state index in [1.165, 1.54) is 0 Å². The van der Waals surface area contributed by atoms with Gasteiger partial charge in [-0.1, -0.05) is 0 Å². The molecule has 0 heterocycles. The molecule has 0 saturated carbocycles. The van der Waals surface area contributed by atoms with Crippen molar-refractivity contribution in [2.75, 3.05) is 0 Å². The first kappa shape index (κ1) is 22.5. The maximum absolute atomic E-state index is 9.43. The molecule has 0 aromatic carbocycles. The summed E-state index contributed by atoms with van der Waals surface area (Å²) in [5.41, 5.74) is -2.09. The Bertz CT molecular complexity index is 132. The summed E-state index contributed by atoms with van der Waals surface area (Å²) in [6.07, 6.45) is 0. The minimum atomic E-state index is -4.82. The molecule has 0 fully saturated rings. The van der Waals surface area contributed by atoms with Crippen molar-refractivity contribution in [2.45, 2.75) is 0 Å². The molecule has 9 N–H and O–H groups in total. The van der Waals surface area contributed by atoms with Crippen molar-refractivity contribution in [3.8, 4) is 0 Å². The summed E-state index contributed by atoms with van der Waals surface area (Å²) in [6.45, 7) is 0. The van der Waals surface area contributed by atoms with Gasteiger partial charge >= 0.3 is 13.3 Å². The standard InChI is InChI=1S/CH3O5P.2H3N.Pt/c2-1(3)7(4,5)6;;;/h(H,2,3)(H2,4,5,6);2*1H3;. The quantitative estimate of drug-likeness (QED) is 0.418. The van der Waals surface area contributed by atoms with E-state index in [4.69, 9.17) is 14.9 Å². The van der Waals surface area contributed by atoms with Gasteiger partial charge in [-0.15, -0.1) is 0 Å². The van der Waals surface area contributed by atoms with E-state index in [2.05, 4.69) is 0 Å². The Morgan fingerprint density at radius 1 is 1.20 bits per heavy atom. The minimum Gasteiger partial charge on any atom is -0.472 e. The molecule has 0 atom stereocenters. The molecule has 7 nitrogen and oxygen atoms in total. The van der Waals surface area contributed by atoms with Crippen molar-refractivity contribution in [3.05, 3.63) is 0 Å². The summed E-state index contributed by atoms with van der Waals surface area (Å²) < 4.78 is 9.43. The van der Waals surface area contributed by atoms with E-state index in [0.717, 1.165) is 0 Å². The first-order valence-corrected chi connectivity index (χ1v) is 2.85. The second kappa shape index (κ2) is 7.34. The third-order valence-corrected chi connectivity index (χ3v) is 0.748. The predicted octanol–water partition coefficient (Wildman–Crippen LogP) is 0.164. The summed E-state index contributed by atoms with van der Waals surface area (Å²) in [4.78, 5) is 24.5. The van der Waals surface area contributed by atoms with Crippen LogP contribution >= 0.6 is 7.60 Å². The Morgan fingerprint density at radius 2 is 1.30 bits per heavy atom. The molecular weight excluding hydrogens is 346 g/mol. The van der Waals surface area contributed by atoms with Gasteiger partial charge in [-0.05, 0) is 0 Å². The van der Waals surface area contributed by atoms with Crippen LogP contribution in [0.25, 0.3) is 0 Å². The fraction of sp³-hybridized carbons (Fsp3) is 0. The van der Waals surface area contributed by atoms with Crippen LogP contribution in [0.4, 0.5) is 4.79 Å². The van der Waals surface area contributed by atoms with E-state index in [1.807, 2.05) is 0 Å². The van der Waals surface area contributed by atoms with Crippen LogP contribution in [0, 0.1) is 0 Å². The summed E-state index contributed by atoms with van der Waals surface area (Å²) in [5, 5.41) is 7.49. The van der Waals surface area contributed by atoms with Gasteiger partial charge in [0.1, 0.15) is 0 Å². The molecule has 0 spiro atoms. The Balaban J connectivity index is -0.0000000600. The minimum absolute atomic E-state index is 0. The molecule has 0 aliphatic heterocycles. The monoisotopic (exact) mass is 355 g/mol. The zero-order valence-electron chi connectivity index (χ0n) is 4.84. The van der Waals surface area contributed by atoms with Crippen LogP contribution in [0.15, 0.2) is 0 Å². The second-order valence-corrected chi connectivity index (χ2v) is 2.30. The van der Waals surface area contributed by atoms with E-state index >= 15 is 0 Å². The molecule has 0 aliphatic rings. The van der Waals surface area contributed by atoms with Gasteiger partial charge < -0.3 is 27.2 Å². The predicted molar refractivity (Wildman–Crippen MR) is 30.1 cm³/mol. The van der Waals surface area contributed by atoms with Crippen molar-refractivity contribution in [3.63, 3.8) is 0 Å². The van der Waals surface area contributed by atoms with Gasteiger partial charge in [-0.2, -0.15) is 0 Å². The third kappa shape index (κ3) is 11.1. The van der Waals surface area contributed by atoms with Crippen LogP contribution in [0.1, 0.15) is 0 Å². The number of hydrogen-bond acceptors (Lipinski definition) is 4. The van der Waals surface area contributed by atoms with Crippen LogP contribution in [-0.4, -0.2) is 20.6 Å². The van der Waals surface area contributed by atoms with Crippen LogP contribution < -0.4 is 12.3 Å². The fourth-order valence-corrected chi connectivity index (χ4v) is 0. The normalized spacial score (nSPS) is 7.80. The van der Waals surface area contributed by atoms with Gasteiger partial charge in [0.15, 0.2) is 0 Å². The summed E-state index contributed by atoms with van der Waals surface area (Å²) in [5.74, 6) is 0. The van der Waals surface area contributed by atoms with Gasteiger partial charge in [0.2, 0.25) is 0 Å². The molecular formula is CH9N2O5PPt. The number of carbonyl (C=O) groups is 1. The maximum atomic E-state index is 9.43. The molecule has 0 radical (unpaired) electrons. The van der Waals surface area contributed by atoms with Gasteiger partial charge in [0.25, 0.3) is 0 Å². The van der Waals surface area contributed by atoms with Crippen LogP contribution in [0.3, 0.4) is 0 Å². The van der Waals surface area contributed by atoms with E-state index in [-0.39, 0.29) is 33.4 Å². The van der Waals surface area contributed by atoms with Crippen molar-refractivity contribution in [1.82, 2.24) is 12.3 Å². The summed E-state index contributed by atoms with van der Waals surface area (Å²) >= 11 is 0. The van der Waals surface area contributed by atoms with Gasteiger partial charge in [-0.25, -0.2) is 9.36 Å². The van der Waals surface area contributed by atoms with Gasteiger partial charge in [0, 0.05) is 21.1 Å². The first-order valence-electron chi connectivity index (χ1n) is 1.23. The molecule has 0 rings (SSSR count). The molecule has 68 valence electrons. The van der Waals surface area contributed by atoms with E-state index in [0.29, 0.717) is 0 Å². The molecule has 10 heavy (non-hydrogen) atoms. The number of rotatable bonds is 1. The molecule has 0 aromatic heterocycles. The molecule has 0 amide bonds. The topological polar surface area (TPSA) is 165 Å². The van der Waals surface area contributed by atoms with E-state index < -0.39 is 13.3 Å². The van der Waals surface area contributed by atoms with E-state index in [1.54, 1.807) is 0 Å². The number of carboxylic acid groups (broad SMARTS) is 1. The van der Waals surface area contributed by atoms with Crippen molar-refractivity contribution in [2.24, 2.45) is 0 Å². The Labute approximate surface area is 71.4 Å². The average molecular weight is 355 g/mol. The van der Waals surface area contributed by atoms with Crippen molar-refractivity contribution >= 4 is 13.3 Å². The largest absolute Gasteiger partial charge is 0.472 e. The molecule has 0 aliphatic carbocycles. The second-order valence-electron chi connectivity index (χ2n) is 0.827. The SMILES string of the molecule is N.N.O=C(O)P(=O)(O)O.[Pt]. The van der Waals surface area contributed by atoms with Crippen LogP contribution in [0.5, 0.6) is 0 Å². The summed E-state index contributed by atoms with van der Waals surface area (Å²) in [7, 11) is -4.82. The van der Waals surface area contributed by atoms with Crippen molar-refractivity contribution in [1.29, 1.82) is 0 Å². The van der Waals surface area contributed by atoms with Crippen LogP contribution in [0.2, 0.25) is 0 Å². The summed E-state index contributed by atoms with van der Waals surface area (Å²) in [6, 6.07) is 0. The average Bonchev–Trinajstić information content (AvgIpc) is 1.31. The van der Waals surface area contributed by atoms with Crippen molar-refractivity contribution < 1.29 is 45.3 Å². The third-order valence-electron chi connectivity index (χ3n) is 0.249. The van der Waals surface area contributed by atoms with Gasteiger partial charge in [0.05, 0.1) is 0 Å². The molecule has 0 aromatic rings. The number of hydrogen-bond donors (Lipinski definition) is 5. The zero-order valence-corrected chi connectivity index (χ0v) is 8.00. The fourth-order valence-electron chi connectivity index (χ4n) is 0. The molecule has 0 saturated heterocycles. The smallest absolute Gasteiger partial charge is 0.433 e. The molecule has 9 heteroatoms. The van der Waals surface area contributed by atoms with E-state index in [9.17, 15) is 9.36 Å². The Kier molecular flexibility index (Phi) is 16.5.